The highest BCUT2D eigenvalue weighted by Crippen LogP contribution is 2.38. The maximum atomic E-state index is 12.3. The Balaban J connectivity index is 1.70. The minimum absolute atomic E-state index is 0.0265. The largest absolute Gasteiger partial charge is 0.435 e. The van der Waals surface area contributed by atoms with Gasteiger partial charge in [0.1, 0.15) is 5.75 Å². The van der Waals surface area contributed by atoms with Gasteiger partial charge in [-0.25, -0.2) is 4.99 Å². The van der Waals surface area contributed by atoms with Gasteiger partial charge in [-0.05, 0) is 35.9 Å². The number of amidine groups is 1. The molecule has 4 rings (SSSR count). The van der Waals surface area contributed by atoms with Gasteiger partial charge in [0.25, 0.3) is 0 Å². The van der Waals surface area contributed by atoms with Crippen LogP contribution in [0.5, 0.6) is 5.75 Å². The van der Waals surface area contributed by atoms with Crippen molar-refractivity contribution in [2.24, 2.45) is 4.99 Å². The van der Waals surface area contributed by atoms with Crippen LogP contribution in [0, 0.1) is 0 Å². The van der Waals surface area contributed by atoms with E-state index in [0.717, 1.165) is 11.1 Å². The molecule has 0 spiro atoms. The van der Waals surface area contributed by atoms with Crippen molar-refractivity contribution in [3.05, 3.63) is 71.8 Å². The summed E-state index contributed by atoms with van der Waals surface area (Å²) in [7, 11) is 0. The molecule has 1 saturated heterocycles. The Morgan fingerprint density at radius 2 is 1.85 bits per heavy atom. The van der Waals surface area contributed by atoms with Crippen LogP contribution >= 0.6 is 11.8 Å². The number of aliphatic imine (C=N–C) groups is 1. The van der Waals surface area contributed by atoms with Gasteiger partial charge in [0.2, 0.25) is 5.91 Å². The zero-order valence-electron chi connectivity index (χ0n) is 13.5. The average molecular weight is 372 g/mol. The molecule has 0 N–H and O–H groups in total. The Labute approximate surface area is 153 Å². The summed E-state index contributed by atoms with van der Waals surface area (Å²) < 4.78 is 29.0. The fourth-order valence-electron chi connectivity index (χ4n) is 2.96. The standard InChI is InChI=1S/C19H14F2N2O2S/c20-18(21)25-14-8-6-12(7-9-14)15-10-16(13-4-2-1-3-5-13)23-17(24)11-26-19(23)22-15/h1-10,16,18H,11H2/t16-/m0/s1. The van der Waals surface area contributed by atoms with Gasteiger partial charge in [-0.1, -0.05) is 42.1 Å². The van der Waals surface area contributed by atoms with Crippen LogP contribution < -0.4 is 4.74 Å². The summed E-state index contributed by atoms with van der Waals surface area (Å²) in [5.74, 6) is 0.489. The average Bonchev–Trinajstić information content (AvgIpc) is 3.03. The summed E-state index contributed by atoms with van der Waals surface area (Å²) in [6.07, 6.45) is 1.92. The lowest BCUT2D eigenvalue weighted by Gasteiger charge is -2.29. The fourth-order valence-corrected chi connectivity index (χ4v) is 3.87. The molecule has 2 aliphatic rings. The highest BCUT2D eigenvalue weighted by molar-refractivity contribution is 8.15. The van der Waals surface area contributed by atoms with Crippen LogP contribution in [0.4, 0.5) is 8.78 Å². The Hall–Kier alpha value is -2.67. The lowest BCUT2D eigenvalue weighted by molar-refractivity contribution is -0.125. The van der Waals surface area contributed by atoms with E-state index in [-0.39, 0.29) is 17.7 Å². The molecule has 26 heavy (non-hydrogen) atoms. The summed E-state index contributed by atoms with van der Waals surface area (Å²) in [6.45, 7) is -2.85. The molecule has 0 radical (unpaired) electrons. The van der Waals surface area contributed by atoms with Crippen LogP contribution in [0.3, 0.4) is 0 Å². The number of amides is 1. The number of halogens is 2. The highest BCUT2D eigenvalue weighted by atomic mass is 32.2. The third kappa shape index (κ3) is 3.22. The first-order valence-electron chi connectivity index (χ1n) is 7.97. The number of fused-ring (bicyclic) bond motifs is 1. The second-order valence-electron chi connectivity index (χ2n) is 5.76. The van der Waals surface area contributed by atoms with Gasteiger partial charge in [-0.2, -0.15) is 8.78 Å². The molecule has 7 heteroatoms. The highest BCUT2D eigenvalue weighted by Gasteiger charge is 2.37. The van der Waals surface area contributed by atoms with E-state index < -0.39 is 6.61 Å². The molecule has 1 amide bonds. The molecule has 132 valence electrons. The monoisotopic (exact) mass is 372 g/mol. The molecule has 1 atom stereocenters. The molecule has 2 aliphatic heterocycles. The van der Waals surface area contributed by atoms with E-state index in [1.807, 2.05) is 36.4 Å². The number of carbonyl (C=O) groups is 1. The van der Waals surface area contributed by atoms with Gasteiger partial charge in [-0.3, -0.25) is 9.69 Å². The molecule has 2 aromatic carbocycles. The number of ether oxygens (including phenoxy) is 1. The van der Waals surface area contributed by atoms with Crippen LogP contribution in [0.2, 0.25) is 0 Å². The van der Waals surface area contributed by atoms with E-state index in [4.69, 9.17) is 0 Å². The first-order valence-corrected chi connectivity index (χ1v) is 8.96. The van der Waals surface area contributed by atoms with Gasteiger partial charge in [0.05, 0.1) is 17.5 Å². The molecule has 2 aromatic rings. The van der Waals surface area contributed by atoms with Crippen LogP contribution in [0.1, 0.15) is 17.2 Å². The van der Waals surface area contributed by atoms with Crippen molar-refractivity contribution < 1.29 is 18.3 Å². The smallest absolute Gasteiger partial charge is 0.387 e. The molecule has 1 fully saturated rings. The van der Waals surface area contributed by atoms with Crippen LogP contribution in [0.15, 0.2) is 65.7 Å². The van der Waals surface area contributed by atoms with Crippen molar-refractivity contribution in [1.29, 1.82) is 0 Å². The summed E-state index contributed by atoms with van der Waals surface area (Å²) in [5, 5.41) is 0.661. The summed E-state index contributed by atoms with van der Waals surface area (Å²) in [6, 6.07) is 15.8. The number of benzene rings is 2. The second kappa shape index (κ2) is 6.92. The number of rotatable bonds is 4. The molecule has 0 bridgehead atoms. The van der Waals surface area contributed by atoms with Crippen molar-refractivity contribution in [3.8, 4) is 5.75 Å². The normalized spacial score (nSPS) is 19.3. The van der Waals surface area contributed by atoms with E-state index in [1.54, 1.807) is 17.0 Å². The molecule has 0 aliphatic carbocycles. The first kappa shape index (κ1) is 16.8. The first-order chi connectivity index (χ1) is 12.6. The fraction of sp³-hybridized carbons (Fsp3) is 0.158. The third-order valence-corrected chi connectivity index (χ3v) is 5.06. The van der Waals surface area contributed by atoms with E-state index in [1.165, 1.54) is 23.9 Å². The maximum absolute atomic E-state index is 12.3. The molecule has 4 nitrogen and oxygen atoms in total. The second-order valence-corrected chi connectivity index (χ2v) is 6.70. The number of hydrogen-bond acceptors (Lipinski definition) is 4. The Morgan fingerprint density at radius 3 is 2.54 bits per heavy atom. The van der Waals surface area contributed by atoms with Gasteiger partial charge in [0, 0.05) is 5.56 Å². The summed E-state index contributed by atoms with van der Waals surface area (Å²) in [5.41, 5.74) is 2.47. The third-order valence-electron chi connectivity index (χ3n) is 4.13. The van der Waals surface area contributed by atoms with E-state index in [0.29, 0.717) is 16.6 Å². The Bertz CT molecular complexity index is 882. The van der Waals surface area contributed by atoms with Gasteiger partial charge >= 0.3 is 6.61 Å². The zero-order valence-corrected chi connectivity index (χ0v) is 14.3. The zero-order chi connectivity index (χ0) is 18.1. The van der Waals surface area contributed by atoms with E-state index in [9.17, 15) is 13.6 Å². The molecule has 2 heterocycles. The Morgan fingerprint density at radius 1 is 1.12 bits per heavy atom. The lowest BCUT2D eigenvalue weighted by atomic mass is 10.0. The minimum atomic E-state index is -2.85. The Kier molecular flexibility index (Phi) is 4.46. The molecule has 0 aromatic heterocycles. The van der Waals surface area contributed by atoms with Crippen molar-refractivity contribution >= 4 is 28.5 Å². The number of nitrogens with zero attached hydrogens (tertiary/aromatic N) is 2. The molecule has 0 unspecified atom stereocenters. The van der Waals surface area contributed by atoms with Gasteiger partial charge in [-0.15, -0.1) is 0 Å². The number of alkyl halides is 2. The van der Waals surface area contributed by atoms with Crippen molar-refractivity contribution in [3.63, 3.8) is 0 Å². The quantitative estimate of drug-likeness (QED) is 0.803. The van der Waals surface area contributed by atoms with Crippen molar-refractivity contribution in [2.75, 3.05) is 5.75 Å². The van der Waals surface area contributed by atoms with E-state index in [2.05, 4.69) is 9.73 Å². The van der Waals surface area contributed by atoms with Crippen molar-refractivity contribution in [1.82, 2.24) is 4.90 Å². The van der Waals surface area contributed by atoms with Crippen molar-refractivity contribution in [2.45, 2.75) is 12.7 Å². The molecule has 0 saturated carbocycles. The SMILES string of the molecule is O=C1CSC2=NC(c3ccc(OC(F)F)cc3)=C[C@@H](c3ccccc3)N12. The van der Waals surface area contributed by atoms with Crippen LogP contribution in [-0.2, 0) is 4.79 Å². The summed E-state index contributed by atoms with van der Waals surface area (Å²) in [4.78, 5) is 18.6. The maximum Gasteiger partial charge on any atom is 0.387 e. The molecular formula is C19H14F2N2O2S. The molecular weight excluding hydrogens is 358 g/mol. The number of thioether (sulfide) groups is 1. The predicted octanol–water partition coefficient (Wildman–Crippen LogP) is 4.32. The van der Waals surface area contributed by atoms with Crippen LogP contribution in [-0.4, -0.2) is 28.3 Å². The lowest BCUT2D eigenvalue weighted by Crippen LogP contribution is -2.34. The topological polar surface area (TPSA) is 41.9 Å². The predicted molar refractivity (Wildman–Crippen MR) is 97.0 cm³/mol. The van der Waals surface area contributed by atoms with Crippen LogP contribution in [0.25, 0.3) is 5.70 Å². The van der Waals surface area contributed by atoms with Gasteiger partial charge < -0.3 is 4.74 Å². The number of carbonyl (C=O) groups excluding carboxylic acids is 1. The van der Waals surface area contributed by atoms with Gasteiger partial charge in [0.15, 0.2) is 5.17 Å². The van der Waals surface area contributed by atoms with E-state index >= 15 is 0 Å². The summed E-state index contributed by atoms with van der Waals surface area (Å²) >= 11 is 1.40. The minimum Gasteiger partial charge on any atom is -0.435 e. The number of hydrogen-bond donors (Lipinski definition) is 0.